The highest BCUT2D eigenvalue weighted by molar-refractivity contribution is 5.77. The molecule has 3 aromatic heterocycles. The standard InChI is InChI=1S/C17H20FN5O/c1-9(2)4-13-16-15(11(18)6-20-13)21-14(22-16)8-23-7-10(3)5-12(19)17(23)24/h5-7,9H,4,8,19H2,1-3H3,(H,21,22). The number of imidazole rings is 1. The Morgan fingerprint density at radius 3 is 2.88 bits per heavy atom. The quantitative estimate of drug-likeness (QED) is 0.769. The van der Waals surface area contributed by atoms with Crippen LogP contribution in [0.3, 0.4) is 0 Å². The van der Waals surface area contributed by atoms with E-state index in [1.54, 1.807) is 12.3 Å². The van der Waals surface area contributed by atoms with Crippen LogP contribution in [-0.4, -0.2) is 19.5 Å². The molecule has 0 bridgehead atoms. The first-order valence-electron chi connectivity index (χ1n) is 7.83. The minimum atomic E-state index is -0.476. The number of nitrogens with zero attached hydrogens (tertiary/aromatic N) is 3. The average molecular weight is 329 g/mol. The van der Waals surface area contributed by atoms with Crippen molar-refractivity contribution in [2.75, 3.05) is 5.73 Å². The maximum atomic E-state index is 14.0. The highest BCUT2D eigenvalue weighted by Gasteiger charge is 2.15. The zero-order valence-electron chi connectivity index (χ0n) is 13.9. The summed E-state index contributed by atoms with van der Waals surface area (Å²) in [5.74, 6) is 0.405. The normalized spacial score (nSPS) is 11.5. The van der Waals surface area contributed by atoms with Crippen LogP contribution in [0.25, 0.3) is 11.0 Å². The average Bonchev–Trinajstić information content (AvgIpc) is 2.92. The van der Waals surface area contributed by atoms with Gasteiger partial charge in [0.15, 0.2) is 5.82 Å². The fourth-order valence-corrected chi connectivity index (χ4v) is 2.77. The second-order valence-electron chi connectivity index (χ2n) is 6.46. The molecule has 0 saturated carbocycles. The second-order valence-corrected chi connectivity index (χ2v) is 6.46. The van der Waals surface area contributed by atoms with Crippen LogP contribution >= 0.6 is 0 Å². The third-order valence-corrected chi connectivity index (χ3v) is 3.77. The number of hydrogen-bond donors (Lipinski definition) is 2. The molecule has 7 heteroatoms. The Kier molecular flexibility index (Phi) is 4.09. The Balaban J connectivity index is 2.06. The van der Waals surface area contributed by atoms with Gasteiger partial charge in [0.1, 0.15) is 11.3 Å². The highest BCUT2D eigenvalue weighted by Crippen LogP contribution is 2.20. The van der Waals surface area contributed by atoms with E-state index < -0.39 is 5.82 Å². The van der Waals surface area contributed by atoms with Crippen molar-refractivity contribution in [1.29, 1.82) is 0 Å². The molecule has 24 heavy (non-hydrogen) atoms. The number of aryl methyl sites for hydroxylation is 1. The molecule has 126 valence electrons. The number of anilines is 1. The summed E-state index contributed by atoms with van der Waals surface area (Å²) in [6.07, 6.45) is 3.62. The van der Waals surface area contributed by atoms with Crippen molar-refractivity contribution < 1.29 is 4.39 Å². The van der Waals surface area contributed by atoms with E-state index in [9.17, 15) is 9.18 Å². The predicted molar refractivity (Wildman–Crippen MR) is 91.3 cm³/mol. The van der Waals surface area contributed by atoms with Gasteiger partial charge in [-0.25, -0.2) is 9.37 Å². The molecule has 3 aromatic rings. The van der Waals surface area contributed by atoms with Gasteiger partial charge in [-0.3, -0.25) is 9.78 Å². The van der Waals surface area contributed by atoms with Gasteiger partial charge in [0, 0.05) is 6.20 Å². The smallest absolute Gasteiger partial charge is 0.274 e. The Morgan fingerprint density at radius 1 is 1.42 bits per heavy atom. The van der Waals surface area contributed by atoms with Crippen molar-refractivity contribution in [3.63, 3.8) is 0 Å². The summed E-state index contributed by atoms with van der Waals surface area (Å²) in [4.78, 5) is 23.7. The van der Waals surface area contributed by atoms with Crippen LogP contribution in [0.4, 0.5) is 10.1 Å². The zero-order chi connectivity index (χ0) is 17.4. The SMILES string of the molecule is Cc1cc(N)c(=O)n(Cc2nc3c(F)cnc(CC(C)C)c3[nH]2)c1. The summed E-state index contributed by atoms with van der Waals surface area (Å²) in [5, 5.41) is 0. The van der Waals surface area contributed by atoms with Gasteiger partial charge in [0.2, 0.25) is 0 Å². The molecule has 0 saturated heterocycles. The van der Waals surface area contributed by atoms with Gasteiger partial charge in [-0.1, -0.05) is 13.8 Å². The summed E-state index contributed by atoms with van der Waals surface area (Å²) in [6, 6.07) is 1.63. The van der Waals surface area contributed by atoms with Crippen LogP contribution in [-0.2, 0) is 13.0 Å². The maximum Gasteiger partial charge on any atom is 0.274 e. The molecular formula is C17H20FN5O. The lowest BCUT2D eigenvalue weighted by Gasteiger charge is -2.06. The van der Waals surface area contributed by atoms with Crippen LogP contribution in [0.5, 0.6) is 0 Å². The fraction of sp³-hybridized carbons (Fsp3) is 0.353. The van der Waals surface area contributed by atoms with E-state index in [1.165, 1.54) is 10.8 Å². The number of rotatable bonds is 4. The van der Waals surface area contributed by atoms with E-state index in [-0.39, 0.29) is 23.3 Å². The lowest BCUT2D eigenvalue weighted by molar-refractivity contribution is 0.616. The number of pyridine rings is 2. The first-order chi connectivity index (χ1) is 11.3. The third-order valence-electron chi connectivity index (χ3n) is 3.77. The summed E-state index contributed by atoms with van der Waals surface area (Å²) < 4.78 is 15.5. The van der Waals surface area contributed by atoms with Crippen molar-refractivity contribution in [2.45, 2.75) is 33.7 Å². The van der Waals surface area contributed by atoms with Crippen LogP contribution in [0.2, 0.25) is 0 Å². The molecule has 0 aromatic carbocycles. The molecule has 3 heterocycles. The highest BCUT2D eigenvalue weighted by atomic mass is 19.1. The van der Waals surface area contributed by atoms with Gasteiger partial charge in [-0.15, -0.1) is 0 Å². The van der Waals surface area contributed by atoms with E-state index in [0.717, 1.165) is 17.7 Å². The number of nitrogens with two attached hydrogens (primary N) is 1. The summed E-state index contributed by atoms with van der Waals surface area (Å²) in [7, 11) is 0. The summed E-state index contributed by atoms with van der Waals surface area (Å²) >= 11 is 0. The Morgan fingerprint density at radius 2 is 2.17 bits per heavy atom. The number of halogens is 1. The molecule has 0 aliphatic heterocycles. The molecule has 0 atom stereocenters. The lowest BCUT2D eigenvalue weighted by atomic mass is 10.1. The largest absolute Gasteiger partial charge is 0.394 e. The molecule has 0 unspecified atom stereocenters. The first-order valence-corrected chi connectivity index (χ1v) is 7.83. The number of aromatic amines is 1. The minimum absolute atomic E-state index is 0.180. The number of fused-ring (bicyclic) bond motifs is 1. The van der Waals surface area contributed by atoms with Crippen LogP contribution in [0, 0.1) is 18.7 Å². The van der Waals surface area contributed by atoms with E-state index in [1.807, 2.05) is 6.92 Å². The lowest BCUT2D eigenvalue weighted by Crippen LogP contribution is -2.23. The van der Waals surface area contributed by atoms with Crippen LogP contribution in [0.15, 0.2) is 23.3 Å². The fourth-order valence-electron chi connectivity index (χ4n) is 2.77. The monoisotopic (exact) mass is 329 g/mol. The van der Waals surface area contributed by atoms with Gasteiger partial charge in [-0.05, 0) is 30.9 Å². The Labute approximate surface area is 138 Å². The van der Waals surface area contributed by atoms with Gasteiger partial charge in [0.05, 0.1) is 29.6 Å². The van der Waals surface area contributed by atoms with Gasteiger partial charge in [-0.2, -0.15) is 0 Å². The van der Waals surface area contributed by atoms with Crippen molar-refractivity contribution >= 4 is 16.7 Å². The Bertz CT molecular complexity index is 958. The van der Waals surface area contributed by atoms with Crippen molar-refractivity contribution in [3.05, 3.63) is 51.7 Å². The number of aromatic nitrogens is 4. The summed E-state index contributed by atoms with van der Waals surface area (Å²) in [6.45, 7) is 6.20. The minimum Gasteiger partial charge on any atom is -0.394 e. The maximum absolute atomic E-state index is 14.0. The van der Waals surface area contributed by atoms with Crippen molar-refractivity contribution in [1.82, 2.24) is 19.5 Å². The molecule has 0 aliphatic carbocycles. The molecule has 0 spiro atoms. The van der Waals surface area contributed by atoms with Crippen LogP contribution < -0.4 is 11.3 Å². The second kappa shape index (κ2) is 6.07. The van der Waals surface area contributed by atoms with E-state index in [4.69, 9.17) is 5.73 Å². The molecule has 6 nitrogen and oxygen atoms in total. The third kappa shape index (κ3) is 3.02. The molecule has 3 N–H and O–H groups in total. The molecule has 0 aliphatic rings. The number of H-pyrrole nitrogens is 1. The van der Waals surface area contributed by atoms with Crippen molar-refractivity contribution in [2.24, 2.45) is 5.92 Å². The topological polar surface area (TPSA) is 89.6 Å². The number of nitrogen functional groups attached to an aromatic ring is 1. The molecular weight excluding hydrogens is 309 g/mol. The molecule has 3 rings (SSSR count). The van der Waals surface area contributed by atoms with E-state index in [0.29, 0.717) is 17.3 Å². The van der Waals surface area contributed by atoms with Gasteiger partial charge in [0.25, 0.3) is 5.56 Å². The number of nitrogens with one attached hydrogen (secondary N) is 1. The number of hydrogen-bond acceptors (Lipinski definition) is 4. The zero-order valence-corrected chi connectivity index (χ0v) is 13.9. The van der Waals surface area contributed by atoms with E-state index >= 15 is 0 Å². The first kappa shape index (κ1) is 16.2. The Hall–Kier alpha value is -2.70. The van der Waals surface area contributed by atoms with Crippen molar-refractivity contribution in [3.8, 4) is 0 Å². The predicted octanol–water partition coefficient (Wildman–Crippen LogP) is 2.40. The summed E-state index contributed by atoms with van der Waals surface area (Å²) in [5.41, 5.74) is 8.10. The molecule has 0 amide bonds. The van der Waals surface area contributed by atoms with Gasteiger partial charge < -0.3 is 15.3 Å². The van der Waals surface area contributed by atoms with Gasteiger partial charge >= 0.3 is 0 Å². The van der Waals surface area contributed by atoms with E-state index in [2.05, 4.69) is 28.8 Å². The molecule has 0 radical (unpaired) electrons. The molecule has 0 fully saturated rings. The van der Waals surface area contributed by atoms with Crippen LogP contribution in [0.1, 0.15) is 30.9 Å².